The Hall–Kier alpha value is -2.90. The number of methoxy groups -OCH3 is 1. The second-order valence-electron chi connectivity index (χ2n) is 6.61. The Labute approximate surface area is 173 Å². The van der Waals surface area contributed by atoms with Gasteiger partial charge < -0.3 is 20.3 Å². The van der Waals surface area contributed by atoms with Gasteiger partial charge in [-0.3, -0.25) is 4.79 Å². The summed E-state index contributed by atoms with van der Waals surface area (Å²) in [5.74, 6) is -3.71. The average molecular weight is 420 g/mol. The molecule has 0 bridgehead atoms. The molecular weight excluding hydrogens is 398 g/mol. The van der Waals surface area contributed by atoms with Gasteiger partial charge in [0.15, 0.2) is 6.10 Å². The van der Waals surface area contributed by atoms with Crippen molar-refractivity contribution in [3.8, 4) is 11.1 Å². The van der Waals surface area contributed by atoms with Gasteiger partial charge in [-0.05, 0) is 47.7 Å². The smallest absolute Gasteiger partial charge is 0.394 e. The first-order valence-electron chi connectivity index (χ1n) is 8.86. The number of carboxylic acid groups (broad SMARTS) is 1. The topological polar surface area (TPSA) is 113 Å². The van der Waals surface area contributed by atoms with Gasteiger partial charge in [-0.1, -0.05) is 41.9 Å². The van der Waals surface area contributed by atoms with Gasteiger partial charge >= 0.3 is 17.8 Å². The molecule has 0 radical (unpaired) electrons. The lowest BCUT2D eigenvalue weighted by Crippen LogP contribution is -2.43. The number of aliphatic hydroxyl groups is 1. The molecule has 2 aromatic rings. The van der Waals surface area contributed by atoms with Gasteiger partial charge in [0.25, 0.3) is 0 Å². The minimum absolute atomic E-state index is 0.180. The number of carbonyl (C=O) groups is 3. The van der Waals surface area contributed by atoms with E-state index < -0.39 is 30.0 Å². The lowest BCUT2D eigenvalue weighted by atomic mass is 9.96. The summed E-state index contributed by atoms with van der Waals surface area (Å²) in [4.78, 5) is 33.9. The van der Waals surface area contributed by atoms with E-state index in [4.69, 9.17) is 16.7 Å². The van der Waals surface area contributed by atoms with E-state index in [1.807, 2.05) is 49.4 Å². The minimum atomic E-state index is -1.64. The molecule has 0 aliphatic heterocycles. The summed E-state index contributed by atoms with van der Waals surface area (Å²) < 4.78 is 4.47. The van der Waals surface area contributed by atoms with Crippen LogP contribution in [0.2, 0.25) is 5.02 Å². The first kappa shape index (κ1) is 22.4. The fourth-order valence-corrected chi connectivity index (χ4v) is 3.12. The molecule has 3 N–H and O–H groups in total. The lowest BCUT2D eigenvalue weighted by Gasteiger charge is -2.20. The third-order valence-electron chi connectivity index (χ3n) is 4.46. The molecule has 2 rings (SSSR count). The highest BCUT2D eigenvalue weighted by molar-refractivity contribution is 6.31. The van der Waals surface area contributed by atoms with Crippen LogP contribution in [0.3, 0.4) is 0 Å². The van der Waals surface area contributed by atoms with Gasteiger partial charge in [-0.15, -0.1) is 0 Å². The molecule has 1 amide bonds. The molecule has 0 aromatic heterocycles. The van der Waals surface area contributed by atoms with Crippen molar-refractivity contribution in [3.63, 3.8) is 0 Å². The molecule has 0 fully saturated rings. The number of carboxylic acids is 1. The fraction of sp³-hybridized carbons (Fsp3) is 0.286. The monoisotopic (exact) mass is 419 g/mol. The second-order valence-corrected chi connectivity index (χ2v) is 7.05. The Morgan fingerprint density at radius 3 is 2.38 bits per heavy atom. The number of hydrogen-bond acceptors (Lipinski definition) is 5. The van der Waals surface area contributed by atoms with Crippen LogP contribution in [0.4, 0.5) is 0 Å². The van der Waals surface area contributed by atoms with Gasteiger partial charge in [0.05, 0.1) is 7.11 Å². The van der Waals surface area contributed by atoms with Gasteiger partial charge in [-0.25, -0.2) is 9.59 Å². The molecular formula is C21H22ClNO6. The maximum Gasteiger partial charge on any atom is 0.394 e. The molecule has 0 aliphatic carbocycles. The Kier molecular flexibility index (Phi) is 7.75. The molecule has 29 heavy (non-hydrogen) atoms. The number of nitrogens with one attached hydrogen (secondary N) is 1. The summed E-state index contributed by atoms with van der Waals surface area (Å²) in [6.45, 7) is 1.98. The standard InChI is InChI=1S/C21H22ClNO6/c1-12-3-8-15(22)10-17(12)14-6-4-13(5-7-14)9-16(23-19(25)20(26)27)11-18(24)21(28)29-2/h3-8,10,16,18,24H,9,11H2,1-2H3,(H,23,25)(H,26,27). The number of halogens is 1. The molecule has 2 atom stereocenters. The summed E-state index contributed by atoms with van der Waals surface area (Å²) in [5.41, 5.74) is 3.80. The molecule has 154 valence electrons. The maximum absolute atomic E-state index is 11.6. The maximum atomic E-state index is 11.6. The number of rotatable bonds is 7. The van der Waals surface area contributed by atoms with Crippen molar-refractivity contribution in [1.82, 2.24) is 5.32 Å². The number of benzene rings is 2. The first-order chi connectivity index (χ1) is 13.7. The predicted molar refractivity (Wildman–Crippen MR) is 108 cm³/mol. The van der Waals surface area contributed by atoms with Crippen molar-refractivity contribution in [3.05, 3.63) is 58.6 Å². The quantitative estimate of drug-likeness (QED) is 0.469. The highest BCUT2D eigenvalue weighted by Gasteiger charge is 2.25. The summed E-state index contributed by atoms with van der Waals surface area (Å²) in [6.07, 6.45) is -1.43. The van der Waals surface area contributed by atoms with E-state index in [1.165, 1.54) is 0 Å². The number of hydrogen-bond donors (Lipinski definition) is 3. The second kappa shape index (κ2) is 10.0. The molecule has 0 aliphatic rings. The lowest BCUT2D eigenvalue weighted by molar-refractivity contribution is -0.152. The molecule has 0 heterocycles. The molecule has 7 nitrogen and oxygen atoms in total. The number of aliphatic hydroxyl groups excluding tert-OH is 1. The Morgan fingerprint density at radius 1 is 1.14 bits per heavy atom. The van der Waals surface area contributed by atoms with Crippen molar-refractivity contribution in [2.24, 2.45) is 0 Å². The van der Waals surface area contributed by atoms with E-state index in [-0.39, 0.29) is 12.8 Å². The Balaban J connectivity index is 2.18. The van der Waals surface area contributed by atoms with Crippen LogP contribution in [0.25, 0.3) is 11.1 Å². The van der Waals surface area contributed by atoms with Gasteiger partial charge in [-0.2, -0.15) is 0 Å². The minimum Gasteiger partial charge on any atom is -0.474 e. The summed E-state index contributed by atoms with van der Waals surface area (Å²) in [5, 5.41) is 21.6. The highest BCUT2D eigenvalue weighted by atomic mass is 35.5. The summed E-state index contributed by atoms with van der Waals surface area (Å²) in [6, 6.07) is 12.3. The third-order valence-corrected chi connectivity index (χ3v) is 4.69. The molecule has 2 unspecified atom stereocenters. The number of aryl methyl sites for hydroxylation is 1. The predicted octanol–water partition coefficient (Wildman–Crippen LogP) is 2.35. The molecule has 0 saturated carbocycles. The Bertz CT molecular complexity index is 897. The van der Waals surface area contributed by atoms with Crippen LogP contribution in [0.15, 0.2) is 42.5 Å². The van der Waals surface area contributed by atoms with Crippen LogP contribution in [0.5, 0.6) is 0 Å². The van der Waals surface area contributed by atoms with E-state index in [9.17, 15) is 19.5 Å². The number of esters is 1. The molecule has 8 heteroatoms. The van der Waals surface area contributed by atoms with Crippen molar-refractivity contribution in [2.75, 3.05) is 7.11 Å². The van der Waals surface area contributed by atoms with E-state index in [0.717, 1.165) is 29.4 Å². The first-order valence-corrected chi connectivity index (χ1v) is 9.24. The third kappa shape index (κ3) is 6.30. The van der Waals surface area contributed by atoms with Crippen LogP contribution in [-0.2, 0) is 25.5 Å². The van der Waals surface area contributed by atoms with Crippen LogP contribution in [0, 0.1) is 6.92 Å². The summed E-state index contributed by atoms with van der Waals surface area (Å²) >= 11 is 6.08. The van der Waals surface area contributed by atoms with E-state index in [1.54, 1.807) is 0 Å². The van der Waals surface area contributed by atoms with Crippen LogP contribution in [0.1, 0.15) is 17.5 Å². The highest BCUT2D eigenvalue weighted by Crippen LogP contribution is 2.27. The van der Waals surface area contributed by atoms with Gasteiger partial charge in [0, 0.05) is 17.5 Å². The normalized spacial score (nSPS) is 12.7. The number of amides is 1. The van der Waals surface area contributed by atoms with Gasteiger partial charge in [0.2, 0.25) is 0 Å². The van der Waals surface area contributed by atoms with Crippen molar-refractivity contribution in [1.29, 1.82) is 0 Å². The zero-order valence-corrected chi connectivity index (χ0v) is 16.8. The SMILES string of the molecule is COC(=O)C(O)CC(Cc1ccc(-c2cc(Cl)ccc2C)cc1)NC(=O)C(=O)O. The number of ether oxygens (including phenoxy) is 1. The zero-order valence-electron chi connectivity index (χ0n) is 16.0. The van der Waals surface area contributed by atoms with Gasteiger partial charge in [0.1, 0.15) is 0 Å². The molecule has 2 aromatic carbocycles. The van der Waals surface area contributed by atoms with Crippen molar-refractivity contribution >= 4 is 29.4 Å². The molecule has 0 spiro atoms. The van der Waals surface area contributed by atoms with E-state index >= 15 is 0 Å². The van der Waals surface area contributed by atoms with Crippen LogP contribution < -0.4 is 5.32 Å². The summed E-state index contributed by atoms with van der Waals surface area (Å²) in [7, 11) is 1.13. The van der Waals surface area contributed by atoms with E-state index in [0.29, 0.717) is 5.02 Å². The Morgan fingerprint density at radius 2 is 1.79 bits per heavy atom. The van der Waals surface area contributed by atoms with Crippen molar-refractivity contribution in [2.45, 2.75) is 31.9 Å². The number of carbonyl (C=O) groups excluding carboxylic acids is 2. The van der Waals surface area contributed by atoms with Crippen LogP contribution in [-0.4, -0.2) is 47.3 Å². The fourth-order valence-electron chi connectivity index (χ4n) is 2.95. The molecule has 0 saturated heterocycles. The zero-order chi connectivity index (χ0) is 21.6. The number of aliphatic carboxylic acids is 1. The van der Waals surface area contributed by atoms with Crippen LogP contribution >= 0.6 is 11.6 Å². The average Bonchev–Trinajstić information content (AvgIpc) is 2.69. The largest absolute Gasteiger partial charge is 0.474 e. The van der Waals surface area contributed by atoms with E-state index in [2.05, 4.69) is 10.1 Å². The van der Waals surface area contributed by atoms with Crippen molar-refractivity contribution < 1.29 is 29.3 Å².